The Labute approximate surface area is 141 Å². The third-order valence-electron chi connectivity index (χ3n) is 3.95. The summed E-state index contributed by atoms with van der Waals surface area (Å²) >= 11 is 2.02. The Morgan fingerprint density at radius 2 is 2.17 bits per heavy atom. The number of nitrogens with one attached hydrogen (secondary N) is 1. The van der Waals surface area contributed by atoms with Gasteiger partial charge in [0.2, 0.25) is 5.91 Å². The lowest BCUT2D eigenvalue weighted by Gasteiger charge is -2.26. The molecule has 0 aliphatic carbocycles. The van der Waals surface area contributed by atoms with E-state index in [0.29, 0.717) is 0 Å². The van der Waals surface area contributed by atoms with E-state index in [9.17, 15) is 4.79 Å². The van der Waals surface area contributed by atoms with Crippen LogP contribution in [0.5, 0.6) is 0 Å². The monoisotopic (exact) mass is 330 g/mol. The number of aryl methyl sites for hydroxylation is 1. The average molecular weight is 330 g/mol. The molecule has 23 heavy (non-hydrogen) atoms. The van der Waals surface area contributed by atoms with E-state index in [2.05, 4.69) is 33.5 Å². The number of carbonyl (C=O) groups is 1. The number of anilines is 1. The quantitative estimate of drug-likeness (QED) is 0.914. The van der Waals surface area contributed by atoms with Crippen LogP contribution in [-0.2, 0) is 17.9 Å². The maximum Gasteiger partial charge on any atom is 0.246 e. The number of benzene rings is 1. The molecule has 122 valence electrons. The fourth-order valence-corrected chi connectivity index (χ4v) is 3.63. The van der Waals surface area contributed by atoms with Crippen molar-refractivity contribution < 1.29 is 4.79 Å². The highest BCUT2D eigenvalue weighted by molar-refractivity contribution is 7.99. The van der Waals surface area contributed by atoms with E-state index in [4.69, 9.17) is 0 Å². The minimum atomic E-state index is -0.0525. The lowest BCUT2D eigenvalue weighted by Crippen LogP contribution is -2.32. The van der Waals surface area contributed by atoms with Gasteiger partial charge < -0.3 is 5.32 Å². The van der Waals surface area contributed by atoms with Crippen LogP contribution in [0.15, 0.2) is 36.7 Å². The van der Waals surface area contributed by atoms with Crippen molar-refractivity contribution in [2.75, 3.05) is 29.9 Å². The Morgan fingerprint density at radius 1 is 1.35 bits per heavy atom. The molecule has 0 saturated carbocycles. The van der Waals surface area contributed by atoms with Gasteiger partial charge in [-0.05, 0) is 30.2 Å². The Bertz CT molecular complexity index is 651. The van der Waals surface area contributed by atoms with Crippen molar-refractivity contribution in [3.05, 3.63) is 47.8 Å². The number of aromatic nitrogens is 2. The first-order chi connectivity index (χ1) is 11.2. The van der Waals surface area contributed by atoms with Crippen LogP contribution in [0.3, 0.4) is 0 Å². The van der Waals surface area contributed by atoms with Crippen molar-refractivity contribution in [3.8, 4) is 0 Å². The molecule has 0 atom stereocenters. The summed E-state index contributed by atoms with van der Waals surface area (Å²) in [4.78, 5) is 14.6. The number of hydrogen-bond acceptors (Lipinski definition) is 4. The summed E-state index contributed by atoms with van der Waals surface area (Å²) in [6.07, 6.45) is 3.47. The van der Waals surface area contributed by atoms with E-state index in [0.717, 1.165) is 30.9 Å². The molecule has 2 aromatic rings. The fraction of sp³-hybridized carbons (Fsp3) is 0.412. The largest absolute Gasteiger partial charge is 0.324 e. The van der Waals surface area contributed by atoms with Crippen molar-refractivity contribution in [3.63, 3.8) is 0 Å². The number of hydrogen-bond donors (Lipinski definition) is 1. The predicted molar refractivity (Wildman–Crippen MR) is 94.6 cm³/mol. The highest BCUT2D eigenvalue weighted by Crippen LogP contribution is 2.19. The first-order valence-corrected chi connectivity index (χ1v) is 9.03. The molecule has 1 aromatic carbocycles. The highest BCUT2D eigenvalue weighted by atomic mass is 32.2. The van der Waals surface area contributed by atoms with Crippen molar-refractivity contribution in [2.24, 2.45) is 0 Å². The van der Waals surface area contributed by atoms with E-state index in [-0.39, 0.29) is 12.5 Å². The van der Waals surface area contributed by atoms with E-state index in [1.54, 1.807) is 17.1 Å². The molecule has 2 heterocycles. The molecule has 1 amide bonds. The van der Waals surface area contributed by atoms with Gasteiger partial charge in [0.15, 0.2) is 0 Å². The Kier molecular flexibility index (Phi) is 5.35. The second-order valence-corrected chi connectivity index (χ2v) is 7.01. The number of rotatable bonds is 5. The molecule has 1 aromatic heterocycles. The average Bonchev–Trinajstić information content (AvgIpc) is 3.04. The molecule has 5 nitrogen and oxygen atoms in total. The second kappa shape index (κ2) is 7.66. The first kappa shape index (κ1) is 16.1. The van der Waals surface area contributed by atoms with Crippen LogP contribution in [0.1, 0.15) is 11.1 Å². The zero-order valence-corrected chi connectivity index (χ0v) is 14.2. The van der Waals surface area contributed by atoms with Crippen molar-refractivity contribution in [1.82, 2.24) is 14.7 Å². The van der Waals surface area contributed by atoms with Gasteiger partial charge >= 0.3 is 0 Å². The standard InChI is InChI=1S/C17H22N4OS/c1-14-3-4-15(12-20-7-9-23-10-8-20)11-16(14)19-17(22)13-21-6-2-5-18-21/h2-6,11H,7-10,12-13H2,1H3,(H,19,22). The molecule has 1 aliphatic rings. The summed E-state index contributed by atoms with van der Waals surface area (Å²) in [6, 6.07) is 8.14. The fourth-order valence-electron chi connectivity index (χ4n) is 2.65. The normalized spacial score (nSPS) is 15.5. The minimum absolute atomic E-state index is 0.0525. The number of thioether (sulfide) groups is 1. The number of carbonyl (C=O) groups excluding carboxylic acids is 1. The molecule has 0 bridgehead atoms. The summed E-state index contributed by atoms with van der Waals surface area (Å²) in [7, 11) is 0. The van der Waals surface area contributed by atoms with Crippen molar-refractivity contribution in [2.45, 2.75) is 20.0 Å². The molecule has 1 aliphatic heterocycles. The Morgan fingerprint density at radius 3 is 2.91 bits per heavy atom. The smallest absolute Gasteiger partial charge is 0.246 e. The molecule has 6 heteroatoms. The van der Waals surface area contributed by atoms with Crippen LogP contribution < -0.4 is 5.32 Å². The lowest BCUT2D eigenvalue weighted by atomic mass is 10.1. The van der Waals surface area contributed by atoms with Gasteiger partial charge in [-0.25, -0.2) is 0 Å². The topological polar surface area (TPSA) is 50.2 Å². The van der Waals surface area contributed by atoms with Gasteiger partial charge in [-0.3, -0.25) is 14.4 Å². The Hall–Kier alpha value is -1.79. The summed E-state index contributed by atoms with van der Waals surface area (Å²) < 4.78 is 1.62. The van der Waals surface area contributed by atoms with Gasteiger partial charge in [-0.1, -0.05) is 12.1 Å². The molecule has 1 N–H and O–H groups in total. The van der Waals surface area contributed by atoms with Crippen molar-refractivity contribution in [1.29, 1.82) is 0 Å². The highest BCUT2D eigenvalue weighted by Gasteiger charge is 2.12. The van der Waals surface area contributed by atoms with Crippen LogP contribution in [0.25, 0.3) is 0 Å². The Balaban J connectivity index is 1.63. The van der Waals surface area contributed by atoms with Crippen LogP contribution >= 0.6 is 11.8 Å². The molecule has 1 saturated heterocycles. The van der Waals surface area contributed by atoms with Gasteiger partial charge in [0.05, 0.1) is 0 Å². The summed E-state index contributed by atoms with van der Waals surface area (Å²) in [5, 5.41) is 7.07. The van der Waals surface area contributed by atoms with Crippen LogP contribution in [0, 0.1) is 6.92 Å². The van der Waals surface area contributed by atoms with Gasteiger partial charge in [0.1, 0.15) is 6.54 Å². The van der Waals surface area contributed by atoms with Crippen LogP contribution in [0.2, 0.25) is 0 Å². The SMILES string of the molecule is Cc1ccc(CN2CCSCC2)cc1NC(=O)Cn1cccn1. The third-order valence-corrected chi connectivity index (χ3v) is 4.89. The summed E-state index contributed by atoms with van der Waals surface area (Å²) in [6.45, 7) is 5.48. The zero-order valence-electron chi connectivity index (χ0n) is 13.4. The number of nitrogens with zero attached hydrogens (tertiary/aromatic N) is 3. The molecule has 0 radical (unpaired) electrons. The third kappa shape index (κ3) is 4.59. The minimum Gasteiger partial charge on any atom is -0.324 e. The molecular weight excluding hydrogens is 308 g/mol. The lowest BCUT2D eigenvalue weighted by molar-refractivity contribution is -0.116. The van der Waals surface area contributed by atoms with E-state index >= 15 is 0 Å². The molecule has 0 unspecified atom stereocenters. The second-order valence-electron chi connectivity index (χ2n) is 5.79. The molecular formula is C17H22N4OS. The maximum atomic E-state index is 12.1. The van der Waals surface area contributed by atoms with E-state index < -0.39 is 0 Å². The van der Waals surface area contributed by atoms with Gasteiger partial charge in [0, 0.05) is 49.2 Å². The van der Waals surface area contributed by atoms with Crippen molar-refractivity contribution >= 4 is 23.4 Å². The van der Waals surface area contributed by atoms with E-state index in [1.807, 2.05) is 24.8 Å². The van der Waals surface area contributed by atoms with Gasteiger partial charge in [-0.2, -0.15) is 16.9 Å². The summed E-state index contributed by atoms with van der Waals surface area (Å²) in [5.74, 6) is 2.36. The number of amides is 1. The van der Waals surface area contributed by atoms with Gasteiger partial charge in [0.25, 0.3) is 0 Å². The predicted octanol–water partition coefficient (Wildman–Crippen LogP) is 2.38. The van der Waals surface area contributed by atoms with Crippen LogP contribution in [0.4, 0.5) is 5.69 Å². The summed E-state index contributed by atoms with van der Waals surface area (Å²) in [5.41, 5.74) is 3.22. The maximum absolute atomic E-state index is 12.1. The molecule has 3 rings (SSSR count). The molecule has 1 fully saturated rings. The molecule has 0 spiro atoms. The van der Waals surface area contributed by atoms with Gasteiger partial charge in [-0.15, -0.1) is 0 Å². The zero-order chi connectivity index (χ0) is 16.1. The first-order valence-electron chi connectivity index (χ1n) is 7.87. The van der Waals surface area contributed by atoms with E-state index in [1.165, 1.54) is 17.1 Å². The van der Waals surface area contributed by atoms with Crippen LogP contribution in [-0.4, -0.2) is 45.2 Å².